The smallest absolute Gasteiger partial charge is 0.350 e. The number of carbonyl (C=O) groups excluding carboxylic acids is 2. The third-order valence-corrected chi connectivity index (χ3v) is 5.01. The Morgan fingerprint density at radius 1 is 1.38 bits per heavy atom. The Morgan fingerprint density at radius 3 is 2.76 bits per heavy atom. The zero-order valence-corrected chi connectivity index (χ0v) is 14.9. The minimum absolute atomic E-state index is 0.312. The largest absolute Gasteiger partial charge is 0.465 e. The molecule has 110 valence electrons. The van der Waals surface area contributed by atoms with Crippen LogP contribution in [0.15, 0.2) is 23.6 Å². The Bertz CT molecular complexity index is 714. The molecule has 0 aliphatic rings. The predicted molar refractivity (Wildman–Crippen MR) is 92.5 cm³/mol. The highest BCUT2D eigenvalue weighted by atomic mass is 127. The molecule has 0 saturated heterocycles. The van der Waals surface area contributed by atoms with E-state index >= 15 is 0 Å². The Kier molecular flexibility index (Phi) is 5.23. The van der Waals surface area contributed by atoms with Crippen LogP contribution in [0.3, 0.4) is 0 Å². The second-order valence-electron chi connectivity index (χ2n) is 4.19. The van der Waals surface area contributed by atoms with Crippen LogP contribution in [-0.4, -0.2) is 19.0 Å². The van der Waals surface area contributed by atoms with Crippen molar-refractivity contribution in [3.05, 3.63) is 48.2 Å². The summed E-state index contributed by atoms with van der Waals surface area (Å²) in [6.07, 6.45) is 0. The number of nitrogens with one attached hydrogen (secondary N) is 1. The fraction of sp³-hybridized carbons (Fsp3) is 0.143. The number of hydrogen-bond donors (Lipinski definition) is 1. The molecule has 2 aromatic rings. The van der Waals surface area contributed by atoms with E-state index in [-0.39, 0.29) is 5.91 Å². The standard InChI is InChI=1S/C14H11ClINO3S/c1-7-6-21-12(14(19)20-2)11(7)17-13(18)9-5-8(15)3-4-10(9)16/h3-6H,1-2H3,(H,17,18). The van der Waals surface area contributed by atoms with Crippen molar-refractivity contribution in [3.63, 3.8) is 0 Å². The molecule has 1 heterocycles. The van der Waals surface area contributed by atoms with E-state index in [4.69, 9.17) is 16.3 Å². The molecule has 21 heavy (non-hydrogen) atoms. The van der Waals surface area contributed by atoms with Crippen LogP contribution in [0.25, 0.3) is 0 Å². The molecule has 2 rings (SSSR count). The van der Waals surface area contributed by atoms with Crippen molar-refractivity contribution >= 4 is 63.1 Å². The number of aryl methyl sites for hydroxylation is 1. The van der Waals surface area contributed by atoms with Gasteiger partial charge in [-0.3, -0.25) is 4.79 Å². The van der Waals surface area contributed by atoms with Crippen molar-refractivity contribution in [3.8, 4) is 0 Å². The van der Waals surface area contributed by atoms with Gasteiger partial charge in [0.25, 0.3) is 5.91 Å². The van der Waals surface area contributed by atoms with E-state index in [0.717, 1.165) is 9.13 Å². The molecule has 0 unspecified atom stereocenters. The average Bonchev–Trinajstić information content (AvgIpc) is 2.82. The van der Waals surface area contributed by atoms with Gasteiger partial charge in [-0.1, -0.05) is 11.6 Å². The number of amides is 1. The van der Waals surface area contributed by atoms with Gasteiger partial charge in [-0.15, -0.1) is 11.3 Å². The van der Waals surface area contributed by atoms with Gasteiger partial charge in [0.15, 0.2) is 0 Å². The number of carbonyl (C=O) groups is 2. The Balaban J connectivity index is 2.34. The SMILES string of the molecule is COC(=O)c1scc(C)c1NC(=O)c1cc(Cl)ccc1I. The van der Waals surface area contributed by atoms with Crippen LogP contribution in [0.1, 0.15) is 25.6 Å². The van der Waals surface area contributed by atoms with Crippen LogP contribution >= 0.6 is 45.5 Å². The highest BCUT2D eigenvalue weighted by Gasteiger charge is 2.20. The summed E-state index contributed by atoms with van der Waals surface area (Å²) < 4.78 is 5.50. The highest BCUT2D eigenvalue weighted by molar-refractivity contribution is 14.1. The summed E-state index contributed by atoms with van der Waals surface area (Å²) in [6, 6.07) is 5.08. The molecule has 4 nitrogen and oxygen atoms in total. The van der Waals surface area contributed by atoms with Gasteiger partial charge < -0.3 is 10.1 Å². The maximum atomic E-state index is 12.4. The number of hydrogen-bond acceptors (Lipinski definition) is 4. The van der Waals surface area contributed by atoms with Crippen LogP contribution in [-0.2, 0) is 4.74 Å². The summed E-state index contributed by atoms with van der Waals surface area (Å²) in [4.78, 5) is 24.5. The molecule has 0 radical (unpaired) electrons. The number of methoxy groups -OCH3 is 1. The molecule has 1 amide bonds. The van der Waals surface area contributed by atoms with Crippen LogP contribution in [0.4, 0.5) is 5.69 Å². The average molecular weight is 436 g/mol. The van der Waals surface area contributed by atoms with Crippen LogP contribution in [0.2, 0.25) is 5.02 Å². The van der Waals surface area contributed by atoms with Crippen molar-refractivity contribution < 1.29 is 14.3 Å². The summed E-state index contributed by atoms with van der Waals surface area (Å²) >= 11 is 9.22. The van der Waals surface area contributed by atoms with Gasteiger partial charge in [-0.25, -0.2) is 4.79 Å². The third-order valence-electron chi connectivity index (χ3n) is 2.76. The topological polar surface area (TPSA) is 55.4 Å². The van der Waals surface area contributed by atoms with Gasteiger partial charge in [0.05, 0.1) is 18.4 Å². The van der Waals surface area contributed by atoms with E-state index in [1.165, 1.54) is 18.4 Å². The number of halogens is 2. The Labute approximate surface area is 144 Å². The molecule has 0 bridgehead atoms. The number of ether oxygens (including phenoxy) is 1. The summed E-state index contributed by atoms with van der Waals surface area (Å²) in [5.41, 5.74) is 1.75. The molecule has 0 fully saturated rings. The first-order valence-corrected chi connectivity index (χ1v) is 8.20. The first-order chi connectivity index (χ1) is 9.93. The minimum atomic E-state index is -0.468. The Morgan fingerprint density at radius 2 is 2.10 bits per heavy atom. The predicted octanol–water partition coefficient (Wildman–Crippen LogP) is 4.35. The van der Waals surface area contributed by atoms with Gasteiger partial charge in [-0.05, 0) is 58.7 Å². The lowest BCUT2D eigenvalue weighted by molar-refractivity contribution is 0.0607. The van der Waals surface area contributed by atoms with E-state index in [0.29, 0.717) is 21.2 Å². The highest BCUT2D eigenvalue weighted by Crippen LogP contribution is 2.29. The molecule has 7 heteroatoms. The fourth-order valence-corrected chi connectivity index (χ4v) is 3.37. The third kappa shape index (κ3) is 3.56. The van der Waals surface area contributed by atoms with E-state index in [1.54, 1.807) is 23.6 Å². The molecule has 1 aromatic carbocycles. The number of benzene rings is 1. The molecular weight excluding hydrogens is 425 g/mol. The second-order valence-corrected chi connectivity index (χ2v) is 6.67. The minimum Gasteiger partial charge on any atom is -0.465 e. The van der Waals surface area contributed by atoms with Crippen molar-refractivity contribution in [2.75, 3.05) is 12.4 Å². The lowest BCUT2D eigenvalue weighted by atomic mass is 10.2. The first kappa shape index (κ1) is 16.3. The van der Waals surface area contributed by atoms with Gasteiger partial charge in [-0.2, -0.15) is 0 Å². The molecule has 0 spiro atoms. The molecule has 0 saturated carbocycles. The summed E-state index contributed by atoms with van der Waals surface area (Å²) in [6.45, 7) is 1.82. The molecule has 1 N–H and O–H groups in total. The van der Waals surface area contributed by atoms with Gasteiger partial charge in [0, 0.05) is 8.59 Å². The van der Waals surface area contributed by atoms with Crippen LogP contribution in [0.5, 0.6) is 0 Å². The van der Waals surface area contributed by atoms with Crippen molar-refractivity contribution in [2.24, 2.45) is 0 Å². The lowest BCUT2D eigenvalue weighted by Gasteiger charge is -2.09. The van der Waals surface area contributed by atoms with Gasteiger partial charge in [0.2, 0.25) is 0 Å². The van der Waals surface area contributed by atoms with Crippen LogP contribution in [0, 0.1) is 10.5 Å². The number of thiophene rings is 1. The molecular formula is C14H11ClINO3S. The quantitative estimate of drug-likeness (QED) is 0.576. The van der Waals surface area contributed by atoms with Gasteiger partial charge >= 0.3 is 5.97 Å². The molecule has 0 aliphatic carbocycles. The monoisotopic (exact) mass is 435 g/mol. The van der Waals surface area contributed by atoms with E-state index in [2.05, 4.69) is 27.9 Å². The fourth-order valence-electron chi connectivity index (χ4n) is 1.69. The normalized spacial score (nSPS) is 10.3. The van der Waals surface area contributed by atoms with E-state index in [9.17, 15) is 9.59 Å². The second kappa shape index (κ2) is 6.76. The zero-order valence-electron chi connectivity index (χ0n) is 11.2. The lowest BCUT2D eigenvalue weighted by Crippen LogP contribution is -2.16. The number of anilines is 1. The number of esters is 1. The summed E-state index contributed by atoms with van der Waals surface area (Å²) in [5, 5.41) is 5.04. The van der Waals surface area contributed by atoms with E-state index in [1.807, 2.05) is 6.92 Å². The molecule has 0 atom stereocenters. The number of rotatable bonds is 3. The van der Waals surface area contributed by atoms with Crippen molar-refractivity contribution in [1.29, 1.82) is 0 Å². The summed E-state index contributed by atoms with van der Waals surface area (Å²) in [7, 11) is 1.31. The van der Waals surface area contributed by atoms with Crippen molar-refractivity contribution in [1.82, 2.24) is 0 Å². The maximum Gasteiger partial charge on any atom is 0.350 e. The van der Waals surface area contributed by atoms with E-state index < -0.39 is 5.97 Å². The molecule has 1 aromatic heterocycles. The van der Waals surface area contributed by atoms with Gasteiger partial charge in [0.1, 0.15) is 4.88 Å². The Hall–Kier alpha value is -1.12. The molecule has 0 aliphatic heterocycles. The summed E-state index contributed by atoms with van der Waals surface area (Å²) in [5.74, 6) is -0.780. The first-order valence-electron chi connectivity index (χ1n) is 5.87. The zero-order chi connectivity index (χ0) is 15.6. The van der Waals surface area contributed by atoms with Crippen LogP contribution < -0.4 is 5.32 Å². The maximum absolute atomic E-state index is 12.4. The van der Waals surface area contributed by atoms with Crippen molar-refractivity contribution in [2.45, 2.75) is 6.92 Å².